The molecule has 0 aromatic carbocycles. The molecule has 94 valence electrons. The molecule has 1 fully saturated rings. The molecule has 2 aromatic rings. The van der Waals surface area contributed by atoms with E-state index >= 15 is 0 Å². The van der Waals surface area contributed by atoms with Crippen LogP contribution in [0.3, 0.4) is 0 Å². The van der Waals surface area contributed by atoms with Gasteiger partial charge in [-0.2, -0.15) is 0 Å². The van der Waals surface area contributed by atoms with Crippen LogP contribution in [0.15, 0.2) is 33.4 Å². The zero-order valence-corrected chi connectivity index (χ0v) is 10.1. The Labute approximate surface area is 104 Å². The summed E-state index contributed by atoms with van der Waals surface area (Å²) in [6.07, 6.45) is 3.54. The van der Waals surface area contributed by atoms with Crippen LogP contribution in [-0.4, -0.2) is 22.5 Å². The summed E-state index contributed by atoms with van der Waals surface area (Å²) in [5, 5.41) is 3.78. The van der Waals surface area contributed by atoms with Crippen molar-refractivity contribution in [3.05, 3.63) is 41.7 Å². The molecular weight excluding hydrogens is 232 g/mol. The quantitative estimate of drug-likeness (QED) is 0.817. The van der Waals surface area contributed by atoms with Gasteiger partial charge in [-0.25, -0.2) is 0 Å². The molecule has 1 atom stereocenters. The van der Waals surface area contributed by atoms with Crippen LogP contribution in [0.25, 0.3) is 0 Å². The van der Waals surface area contributed by atoms with Crippen LogP contribution in [0, 0.1) is 6.92 Å². The summed E-state index contributed by atoms with van der Waals surface area (Å²) in [7, 11) is 0. The molecule has 18 heavy (non-hydrogen) atoms. The maximum atomic E-state index is 12.3. The number of nitrogens with zero attached hydrogens (tertiary/aromatic N) is 2. The van der Waals surface area contributed by atoms with E-state index in [0.29, 0.717) is 11.5 Å². The Balaban J connectivity index is 1.85. The fourth-order valence-corrected chi connectivity index (χ4v) is 2.40. The second-order valence-corrected chi connectivity index (χ2v) is 4.49. The van der Waals surface area contributed by atoms with Crippen LogP contribution in [0.4, 0.5) is 0 Å². The first kappa shape index (κ1) is 11.1. The minimum Gasteiger partial charge on any atom is -0.467 e. The molecule has 1 aliphatic rings. The summed E-state index contributed by atoms with van der Waals surface area (Å²) in [6, 6.07) is 5.44. The van der Waals surface area contributed by atoms with Gasteiger partial charge in [0.1, 0.15) is 11.5 Å². The SMILES string of the molecule is Cc1cc(C(=O)N2CCC[C@H]2c2ccco2)no1. The lowest BCUT2D eigenvalue weighted by Gasteiger charge is -2.21. The third kappa shape index (κ3) is 1.81. The number of hydrogen-bond acceptors (Lipinski definition) is 4. The number of likely N-dealkylation sites (tertiary alicyclic amines) is 1. The molecule has 3 rings (SSSR count). The lowest BCUT2D eigenvalue weighted by atomic mass is 10.1. The third-order valence-corrected chi connectivity index (χ3v) is 3.23. The van der Waals surface area contributed by atoms with Crippen LogP contribution in [0.1, 0.15) is 40.9 Å². The van der Waals surface area contributed by atoms with Gasteiger partial charge in [0.2, 0.25) is 0 Å². The van der Waals surface area contributed by atoms with E-state index < -0.39 is 0 Å². The summed E-state index contributed by atoms with van der Waals surface area (Å²) in [6.45, 7) is 2.51. The smallest absolute Gasteiger partial charge is 0.276 e. The van der Waals surface area contributed by atoms with Crippen molar-refractivity contribution in [1.82, 2.24) is 10.1 Å². The third-order valence-electron chi connectivity index (χ3n) is 3.23. The zero-order chi connectivity index (χ0) is 12.5. The average molecular weight is 246 g/mol. The maximum absolute atomic E-state index is 12.3. The Morgan fingerprint density at radius 2 is 2.44 bits per heavy atom. The van der Waals surface area contributed by atoms with Crippen molar-refractivity contribution in [3.63, 3.8) is 0 Å². The molecule has 0 bridgehead atoms. The van der Waals surface area contributed by atoms with Crippen molar-refractivity contribution in [2.24, 2.45) is 0 Å². The molecule has 0 radical (unpaired) electrons. The predicted octanol–water partition coefficient (Wildman–Crippen LogP) is 2.55. The first-order chi connectivity index (χ1) is 8.75. The van der Waals surface area contributed by atoms with Gasteiger partial charge in [0.15, 0.2) is 5.69 Å². The fraction of sp³-hybridized carbons (Fsp3) is 0.385. The molecule has 0 N–H and O–H groups in total. The van der Waals surface area contributed by atoms with Crippen molar-refractivity contribution >= 4 is 5.91 Å². The second kappa shape index (κ2) is 4.33. The van der Waals surface area contributed by atoms with Crippen molar-refractivity contribution < 1.29 is 13.7 Å². The van der Waals surface area contributed by atoms with E-state index in [4.69, 9.17) is 8.94 Å². The number of aryl methyl sites for hydroxylation is 1. The molecular formula is C13H14N2O3. The minimum absolute atomic E-state index is 0.0181. The first-order valence-electron chi connectivity index (χ1n) is 6.03. The highest BCUT2D eigenvalue weighted by atomic mass is 16.5. The summed E-state index contributed by atoms with van der Waals surface area (Å²) >= 11 is 0. The van der Waals surface area contributed by atoms with E-state index in [1.54, 1.807) is 24.2 Å². The number of carbonyl (C=O) groups is 1. The van der Waals surface area contributed by atoms with Crippen molar-refractivity contribution in [1.29, 1.82) is 0 Å². The van der Waals surface area contributed by atoms with Crippen LogP contribution in [0.5, 0.6) is 0 Å². The maximum Gasteiger partial charge on any atom is 0.276 e. The van der Waals surface area contributed by atoms with Gasteiger partial charge in [-0.15, -0.1) is 0 Å². The van der Waals surface area contributed by atoms with Gasteiger partial charge in [-0.1, -0.05) is 5.16 Å². The molecule has 0 saturated carbocycles. The van der Waals surface area contributed by atoms with E-state index in [0.717, 1.165) is 25.1 Å². The van der Waals surface area contributed by atoms with Gasteiger partial charge < -0.3 is 13.8 Å². The molecule has 5 heteroatoms. The van der Waals surface area contributed by atoms with Gasteiger partial charge in [0.05, 0.1) is 12.3 Å². The summed E-state index contributed by atoms with van der Waals surface area (Å²) < 4.78 is 10.4. The zero-order valence-electron chi connectivity index (χ0n) is 10.1. The van der Waals surface area contributed by atoms with Gasteiger partial charge in [0, 0.05) is 12.6 Å². The highest BCUT2D eigenvalue weighted by Crippen LogP contribution is 2.33. The number of rotatable bonds is 2. The van der Waals surface area contributed by atoms with Crippen LogP contribution in [0.2, 0.25) is 0 Å². The lowest BCUT2D eigenvalue weighted by Crippen LogP contribution is -2.30. The lowest BCUT2D eigenvalue weighted by molar-refractivity contribution is 0.0709. The molecule has 5 nitrogen and oxygen atoms in total. The number of amides is 1. The largest absolute Gasteiger partial charge is 0.467 e. The Morgan fingerprint density at radius 3 is 3.11 bits per heavy atom. The van der Waals surface area contributed by atoms with E-state index in [2.05, 4.69) is 5.16 Å². The molecule has 0 spiro atoms. The summed E-state index contributed by atoms with van der Waals surface area (Å²) in [4.78, 5) is 14.1. The number of furan rings is 1. The average Bonchev–Trinajstić information content (AvgIpc) is 3.08. The molecule has 0 aliphatic carbocycles. The second-order valence-electron chi connectivity index (χ2n) is 4.49. The Hall–Kier alpha value is -2.04. The monoisotopic (exact) mass is 246 g/mol. The molecule has 3 heterocycles. The van der Waals surface area contributed by atoms with Crippen LogP contribution >= 0.6 is 0 Å². The molecule has 1 amide bonds. The summed E-state index contributed by atoms with van der Waals surface area (Å²) in [5.41, 5.74) is 0.367. The van der Waals surface area contributed by atoms with E-state index in [-0.39, 0.29) is 11.9 Å². The highest BCUT2D eigenvalue weighted by molar-refractivity contribution is 5.92. The van der Waals surface area contributed by atoms with E-state index in [1.165, 1.54) is 0 Å². The number of carbonyl (C=O) groups excluding carboxylic acids is 1. The number of aromatic nitrogens is 1. The highest BCUT2D eigenvalue weighted by Gasteiger charge is 2.33. The molecule has 1 aliphatic heterocycles. The first-order valence-corrected chi connectivity index (χ1v) is 6.03. The minimum atomic E-state index is -0.0919. The Bertz CT molecular complexity index is 544. The fourth-order valence-electron chi connectivity index (χ4n) is 2.40. The Morgan fingerprint density at radius 1 is 1.56 bits per heavy atom. The van der Waals surface area contributed by atoms with Gasteiger partial charge >= 0.3 is 0 Å². The normalized spacial score (nSPS) is 19.4. The Kier molecular flexibility index (Phi) is 2.66. The predicted molar refractivity (Wildman–Crippen MR) is 63.0 cm³/mol. The van der Waals surface area contributed by atoms with Crippen molar-refractivity contribution in [2.75, 3.05) is 6.54 Å². The van der Waals surface area contributed by atoms with Crippen molar-refractivity contribution in [3.8, 4) is 0 Å². The van der Waals surface area contributed by atoms with E-state index in [1.807, 2.05) is 12.1 Å². The van der Waals surface area contributed by atoms with Gasteiger partial charge in [0.25, 0.3) is 5.91 Å². The summed E-state index contributed by atoms with van der Waals surface area (Å²) in [5.74, 6) is 1.39. The molecule has 2 aromatic heterocycles. The standard InChI is InChI=1S/C13H14N2O3/c1-9-8-10(14-18-9)13(16)15-6-2-4-11(15)12-5-3-7-17-12/h3,5,7-8,11H,2,4,6H2,1H3/t11-/m0/s1. The van der Waals surface area contributed by atoms with Crippen molar-refractivity contribution in [2.45, 2.75) is 25.8 Å². The van der Waals surface area contributed by atoms with Crippen LogP contribution < -0.4 is 0 Å². The van der Waals surface area contributed by atoms with Gasteiger partial charge in [-0.3, -0.25) is 4.79 Å². The van der Waals surface area contributed by atoms with Gasteiger partial charge in [-0.05, 0) is 31.9 Å². The molecule has 1 saturated heterocycles. The van der Waals surface area contributed by atoms with Crippen LogP contribution in [-0.2, 0) is 0 Å². The van der Waals surface area contributed by atoms with E-state index in [9.17, 15) is 4.79 Å². The topological polar surface area (TPSA) is 59.5 Å². The molecule has 0 unspecified atom stereocenters. The number of hydrogen-bond donors (Lipinski definition) is 0.